The van der Waals surface area contributed by atoms with Gasteiger partial charge in [0.15, 0.2) is 12.4 Å². The first-order chi connectivity index (χ1) is 12.8. The van der Waals surface area contributed by atoms with Gasteiger partial charge in [-0.15, -0.1) is 0 Å². The number of anilines is 1. The molecule has 27 heavy (non-hydrogen) atoms. The summed E-state index contributed by atoms with van der Waals surface area (Å²) in [7, 11) is -3.60. The van der Waals surface area contributed by atoms with E-state index in [1.165, 1.54) is 6.07 Å². The van der Waals surface area contributed by atoms with Gasteiger partial charge in [0.05, 0.1) is 18.5 Å². The molecule has 1 aliphatic heterocycles. The summed E-state index contributed by atoms with van der Waals surface area (Å²) in [6.45, 7) is 4.93. The molecule has 8 nitrogen and oxygen atoms in total. The molecular formula is C17H25ClN2O6S. The highest BCUT2D eigenvalue weighted by molar-refractivity contribution is 7.92. The number of amides is 1. The van der Waals surface area contributed by atoms with Crippen molar-refractivity contribution in [1.82, 2.24) is 5.32 Å². The zero-order valence-corrected chi connectivity index (χ0v) is 17.2. The van der Waals surface area contributed by atoms with E-state index >= 15 is 0 Å². The fourth-order valence-electron chi connectivity index (χ4n) is 2.69. The molecule has 0 saturated carbocycles. The first kappa shape index (κ1) is 21.7. The number of halogens is 1. The van der Waals surface area contributed by atoms with E-state index in [0.717, 1.165) is 10.6 Å². The maximum atomic E-state index is 12.5. The average Bonchev–Trinajstić information content (AvgIpc) is 2.60. The third kappa shape index (κ3) is 5.97. The molecule has 10 heteroatoms. The third-order valence-corrected chi connectivity index (χ3v) is 5.25. The first-order valence-corrected chi connectivity index (χ1v) is 10.9. The number of carbonyl (C=O) groups is 1. The van der Waals surface area contributed by atoms with Crippen molar-refractivity contribution < 1.29 is 27.4 Å². The van der Waals surface area contributed by atoms with Gasteiger partial charge < -0.3 is 19.5 Å². The summed E-state index contributed by atoms with van der Waals surface area (Å²) >= 11 is 5.96. The monoisotopic (exact) mass is 420 g/mol. The normalized spacial score (nSPS) is 16.8. The number of rotatable bonds is 9. The second kappa shape index (κ2) is 9.59. The summed E-state index contributed by atoms with van der Waals surface area (Å²) in [5, 5.41) is 3.12. The van der Waals surface area contributed by atoms with Gasteiger partial charge in [0, 0.05) is 31.2 Å². The van der Waals surface area contributed by atoms with E-state index in [2.05, 4.69) is 5.32 Å². The van der Waals surface area contributed by atoms with Gasteiger partial charge in [-0.3, -0.25) is 9.10 Å². The van der Waals surface area contributed by atoms with Crippen LogP contribution < -0.4 is 14.4 Å². The quantitative estimate of drug-likeness (QED) is 0.612. The van der Waals surface area contributed by atoms with Crippen molar-refractivity contribution in [3.63, 3.8) is 0 Å². The minimum Gasteiger partial charge on any atom is -0.476 e. The number of carbonyl (C=O) groups excluding carboxylic acids is 1. The number of nitrogens with one attached hydrogen (secondary N) is 1. The Morgan fingerprint density at radius 1 is 1.37 bits per heavy atom. The van der Waals surface area contributed by atoms with Crippen LogP contribution in [0.4, 0.5) is 5.69 Å². The highest BCUT2D eigenvalue weighted by atomic mass is 35.5. The standard InChI is InChI=1S/C17H25ClN2O6S/c1-4-24-16(25-5-2)8-9-19-17(21)15-11-20(27(3,22)23)13-10-12(18)6-7-14(13)26-15/h6-7,10,15-16H,4-5,8-9,11H2,1-3H3,(H,19,21)/t15-/m1/s1. The molecule has 1 aliphatic rings. The van der Waals surface area contributed by atoms with E-state index in [1.807, 2.05) is 13.8 Å². The predicted octanol–water partition coefficient (Wildman–Crippen LogP) is 1.77. The molecule has 0 aromatic heterocycles. The van der Waals surface area contributed by atoms with Crippen LogP contribution in [-0.2, 0) is 24.3 Å². The van der Waals surface area contributed by atoms with Crippen molar-refractivity contribution in [2.24, 2.45) is 0 Å². The lowest BCUT2D eigenvalue weighted by Crippen LogP contribution is -2.50. The highest BCUT2D eigenvalue weighted by Crippen LogP contribution is 2.37. The SMILES string of the molecule is CCOC(CCNC(=O)[C@H]1CN(S(C)(=O)=O)c2cc(Cl)ccc2O1)OCC. The summed E-state index contributed by atoms with van der Waals surface area (Å²) in [6, 6.07) is 4.63. The summed E-state index contributed by atoms with van der Waals surface area (Å²) in [6.07, 6.45) is 0.184. The zero-order valence-electron chi connectivity index (χ0n) is 15.6. The van der Waals surface area contributed by atoms with Crippen molar-refractivity contribution in [2.45, 2.75) is 32.7 Å². The molecule has 0 fully saturated rings. The Balaban J connectivity index is 2.04. The number of nitrogens with zero attached hydrogens (tertiary/aromatic N) is 1. The summed E-state index contributed by atoms with van der Waals surface area (Å²) in [4.78, 5) is 12.5. The Morgan fingerprint density at radius 3 is 2.63 bits per heavy atom. The highest BCUT2D eigenvalue weighted by Gasteiger charge is 2.35. The van der Waals surface area contributed by atoms with Crippen LogP contribution in [0.25, 0.3) is 0 Å². The van der Waals surface area contributed by atoms with Crippen LogP contribution in [0, 0.1) is 0 Å². The first-order valence-electron chi connectivity index (χ1n) is 8.71. The molecule has 0 unspecified atom stereocenters. The molecule has 1 aromatic rings. The minimum absolute atomic E-state index is 0.127. The molecule has 2 rings (SSSR count). The number of sulfonamides is 1. The molecule has 1 aromatic carbocycles. The van der Waals surface area contributed by atoms with Crippen molar-refractivity contribution in [2.75, 3.05) is 36.9 Å². The molecule has 0 bridgehead atoms. The van der Waals surface area contributed by atoms with Crippen molar-refractivity contribution in [3.8, 4) is 5.75 Å². The average molecular weight is 421 g/mol. The van der Waals surface area contributed by atoms with E-state index in [9.17, 15) is 13.2 Å². The lowest BCUT2D eigenvalue weighted by Gasteiger charge is -2.34. The van der Waals surface area contributed by atoms with Gasteiger partial charge in [-0.2, -0.15) is 0 Å². The Bertz CT molecular complexity index is 752. The summed E-state index contributed by atoms with van der Waals surface area (Å²) in [5.74, 6) is -0.117. The van der Waals surface area contributed by atoms with Gasteiger partial charge in [0.2, 0.25) is 10.0 Å². The van der Waals surface area contributed by atoms with E-state index < -0.39 is 28.3 Å². The Morgan fingerprint density at radius 2 is 2.04 bits per heavy atom. The second-order valence-corrected chi connectivity index (χ2v) is 8.28. The topological polar surface area (TPSA) is 94.2 Å². The van der Waals surface area contributed by atoms with E-state index in [0.29, 0.717) is 36.9 Å². The summed E-state index contributed by atoms with van der Waals surface area (Å²) in [5.41, 5.74) is 0.321. The van der Waals surface area contributed by atoms with Crippen molar-refractivity contribution in [1.29, 1.82) is 0 Å². The number of benzene rings is 1. The number of fused-ring (bicyclic) bond motifs is 1. The zero-order chi connectivity index (χ0) is 20.0. The molecule has 0 aliphatic carbocycles. The maximum absolute atomic E-state index is 12.5. The second-order valence-electron chi connectivity index (χ2n) is 5.93. The van der Waals surface area contributed by atoms with Crippen molar-refractivity contribution >= 4 is 33.2 Å². The molecule has 0 saturated heterocycles. The van der Waals surface area contributed by atoms with Crippen LogP contribution in [0.1, 0.15) is 20.3 Å². The van der Waals surface area contributed by atoms with Gasteiger partial charge in [-0.25, -0.2) is 8.42 Å². The van der Waals surface area contributed by atoms with Crippen LogP contribution >= 0.6 is 11.6 Å². The molecule has 1 amide bonds. The van der Waals surface area contributed by atoms with Crippen molar-refractivity contribution in [3.05, 3.63) is 23.2 Å². The van der Waals surface area contributed by atoms with Crippen LogP contribution in [-0.4, -0.2) is 59.3 Å². The fraction of sp³-hybridized carbons (Fsp3) is 0.588. The Labute approximate surface area is 164 Å². The molecule has 0 radical (unpaired) electrons. The smallest absolute Gasteiger partial charge is 0.263 e. The molecule has 1 heterocycles. The molecule has 152 valence electrons. The van der Waals surface area contributed by atoms with Gasteiger partial charge in [-0.1, -0.05) is 11.6 Å². The fourth-order valence-corrected chi connectivity index (χ4v) is 3.76. The number of hydrogen-bond acceptors (Lipinski definition) is 6. The molecular weight excluding hydrogens is 396 g/mol. The van der Waals surface area contributed by atoms with Gasteiger partial charge in [-0.05, 0) is 32.0 Å². The van der Waals surface area contributed by atoms with E-state index in [1.54, 1.807) is 12.1 Å². The number of ether oxygens (including phenoxy) is 3. The van der Waals surface area contributed by atoms with Gasteiger partial charge >= 0.3 is 0 Å². The lowest BCUT2D eigenvalue weighted by molar-refractivity contribution is -0.140. The van der Waals surface area contributed by atoms with Crippen LogP contribution in [0.2, 0.25) is 5.02 Å². The van der Waals surface area contributed by atoms with Gasteiger partial charge in [0.25, 0.3) is 5.91 Å². The molecule has 1 N–H and O–H groups in total. The van der Waals surface area contributed by atoms with Crippen LogP contribution in [0.3, 0.4) is 0 Å². The van der Waals surface area contributed by atoms with E-state index in [-0.39, 0.29) is 12.3 Å². The van der Waals surface area contributed by atoms with Crippen LogP contribution in [0.15, 0.2) is 18.2 Å². The lowest BCUT2D eigenvalue weighted by atomic mass is 10.2. The van der Waals surface area contributed by atoms with Gasteiger partial charge in [0.1, 0.15) is 5.75 Å². The Kier molecular flexibility index (Phi) is 7.72. The molecule has 1 atom stereocenters. The maximum Gasteiger partial charge on any atom is 0.263 e. The Hall–Kier alpha value is -1.55. The van der Waals surface area contributed by atoms with E-state index in [4.69, 9.17) is 25.8 Å². The largest absolute Gasteiger partial charge is 0.476 e. The summed E-state index contributed by atoms with van der Waals surface area (Å²) < 4.78 is 41.9. The minimum atomic E-state index is -3.60. The number of hydrogen-bond donors (Lipinski definition) is 1. The third-order valence-electron chi connectivity index (χ3n) is 3.87. The van der Waals surface area contributed by atoms with Crippen LogP contribution in [0.5, 0.6) is 5.75 Å². The molecule has 0 spiro atoms. The predicted molar refractivity (Wildman–Crippen MR) is 103 cm³/mol.